The predicted molar refractivity (Wildman–Crippen MR) is 73.2 cm³/mol. The molecule has 0 heterocycles. The number of aryl methyl sites for hydroxylation is 1. The number of benzene rings is 2. The van der Waals surface area contributed by atoms with E-state index in [-0.39, 0.29) is 5.75 Å². The minimum atomic E-state index is -3.23. The lowest BCUT2D eigenvalue weighted by Gasteiger charge is -2.05. The minimum absolute atomic E-state index is 0.0566. The summed E-state index contributed by atoms with van der Waals surface area (Å²) in [5.41, 5.74) is 2.05. The molecule has 0 amide bonds. The normalized spacial score (nSPS) is 11.4. The van der Waals surface area contributed by atoms with Crippen LogP contribution in [0.3, 0.4) is 0 Å². The molecule has 0 bridgehead atoms. The maximum atomic E-state index is 12.2. The Balaban J connectivity index is 2.22. The molecule has 0 saturated carbocycles. The van der Waals surface area contributed by atoms with Crippen molar-refractivity contribution in [2.75, 3.05) is 0 Å². The van der Waals surface area contributed by atoms with Crippen LogP contribution in [0.5, 0.6) is 0 Å². The first-order valence-corrected chi connectivity index (χ1v) is 7.62. The van der Waals surface area contributed by atoms with Gasteiger partial charge in [-0.05, 0) is 29.7 Å². The lowest BCUT2D eigenvalue weighted by atomic mass is 10.1. The zero-order valence-electron chi connectivity index (χ0n) is 10.3. The third-order valence-corrected chi connectivity index (χ3v) is 4.59. The van der Waals surface area contributed by atoms with Gasteiger partial charge in [-0.3, -0.25) is 0 Å². The van der Waals surface area contributed by atoms with E-state index >= 15 is 0 Å². The van der Waals surface area contributed by atoms with Gasteiger partial charge in [0.2, 0.25) is 0 Å². The maximum absolute atomic E-state index is 12.2. The predicted octanol–water partition coefficient (Wildman–Crippen LogP) is 3.22. The average Bonchev–Trinajstić information content (AvgIpc) is 2.40. The van der Waals surface area contributed by atoms with Crippen molar-refractivity contribution in [3.63, 3.8) is 0 Å². The van der Waals surface area contributed by atoms with Gasteiger partial charge in [-0.2, -0.15) is 0 Å². The van der Waals surface area contributed by atoms with Gasteiger partial charge in [0, 0.05) is 0 Å². The van der Waals surface area contributed by atoms with E-state index in [1.807, 2.05) is 30.3 Å². The Morgan fingerprint density at radius 2 is 1.39 bits per heavy atom. The van der Waals surface area contributed by atoms with Crippen molar-refractivity contribution >= 4 is 9.84 Å². The van der Waals surface area contributed by atoms with Gasteiger partial charge in [0.05, 0.1) is 10.6 Å². The molecular weight excluding hydrogens is 244 g/mol. The van der Waals surface area contributed by atoms with Crippen molar-refractivity contribution in [1.29, 1.82) is 0 Å². The molecule has 0 N–H and O–H groups in total. The topological polar surface area (TPSA) is 34.1 Å². The van der Waals surface area contributed by atoms with Crippen LogP contribution in [-0.4, -0.2) is 8.42 Å². The van der Waals surface area contributed by atoms with Crippen LogP contribution in [0.25, 0.3) is 0 Å². The van der Waals surface area contributed by atoms with Crippen molar-refractivity contribution in [2.24, 2.45) is 0 Å². The second kappa shape index (κ2) is 5.36. The molecule has 0 aliphatic rings. The fourth-order valence-electron chi connectivity index (χ4n) is 1.80. The molecule has 0 atom stereocenters. The monoisotopic (exact) mass is 260 g/mol. The quantitative estimate of drug-likeness (QED) is 0.846. The Hall–Kier alpha value is -1.61. The van der Waals surface area contributed by atoms with Gasteiger partial charge in [0.15, 0.2) is 9.84 Å². The molecule has 0 aliphatic carbocycles. The Bertz CT molecular complexity index is 599. The van der Waals surface area contributed by atoms with Crippen molar-refractivity contribution in [3.8, 4) is 0 Å². The summed E-state index contributed by atoms with van der Waals surface area (Å²) in [6, 6.07) is 16.3. The van der Waals surface area contributed by atoms with Crippen LogP contribution >= 0.6 is 0 Å². The molecule has 2 aromatic rings. The minimum Gasteiger partial charge on any atom is -0.223 e. The van der Waals surface area contributed by atoms with Gasteiger partial charge < -0.3 is 0 Å². The first-order valence-electron chi connectivity index (χ1n) is 5.97. The molecule has 3 heteroatoms. The molecule has 2 rings (SSSR count). The van der Waals surface area contributed by atoms with Crippen LogP contribution in [0.15, 0.2) is 59.5 Å². The average molecular weight is 260 g/mol. The third kappa shape index (κ3) is 2.99. The van der Waals surface area contributed by atoms with Crippen molar-refractivity contribution in [3.05, 3.63) is 65.7 Å². The molecule has 2 nitrogen and oxygen atoms in total. The van der Waals surface area contributed by atoms with E-state index < -0.39 is 9.84 Å². The smallest absolute Gasteiger partial charge is 0.182 e. The molecule has 0 saturated heterocycles. The molecule has 0 fully saturated rings. The van der Waals surface area contributed by atoms with Gasteiger partial charge in [-0.25, -0.2) is 8.42 Å². The molecule has 94 valence electrons. The molecular formula is C15H16O2S. The van der Waals surface area contributed by atoms with E-state index in [1.165, 1.54) is 5.56 Å². The van der Waals surface area contributed by atoms with Crippen LogP contribution in [0.2, 0.25) is 0 Å². The largest absolute Gasteiger partial charge is 0.223 e. The highest BCUT2D eigenvalue weighted by atomic mass is 32.2. The summed E-state index contributed by atoms with van der Waals surface area (Å²) in [5.74, 6) is 0.0566. The summed E-state index contributed by atoms with van der Waals surface area (Å²) < 4.78 is 24.3. The van der Waals surface area contributed by atoms with E-state index in [9.17, 15) is 8.42 Å². The summed E-state index contributed by atoms with van der Waals surface area (Å²) in [7, 11) is -3.23. The van der Waals surface area contributed by atoms with Crippen LogP contribution in [0, 0.1) is 0 Å². The Morgan fingerprint density at radius 3 is 1.94 bits per heavy atom. The maximum Gasteiger partial charge on any atom is 0.182 e. The Morgan fingerprint density at radius 1 is 0.833 bits per heavy atom. The fraction of sp³-hybridized carbons (Fsp3) is 0.200. The molecule has 18 heavy (non-hydrogen) atoms. The van der Waals surface area contributed by atoms with E-state index in [1.54, 1.807) is 24.3 Å². The summed E-state index contributed by atoms with van der Waals surface area (Å²) >= 11 is 0. The molecule has 0 aromatic heterocycles. The zero-order valence-corrected chi connectivity index (χ0v) is 11.2. The van der Waals surface area contributed by atoms with E-state index in [0.717, 1.165) is 12.0 Å². The first-order chi connectivity index (χ1) is 8.62. The van der Waals surface area contributed by atoms with Gasteiger partial charge in [0.1, 0.15) is 0 Å². The van der Waals surface area contributed by atoms with Crippen LogP contribution in [0.4, 0.5) is 0 Å². The molecule has 0 spiro atoms. The highest BCUT2D eigenvalue weighted by Crippen LogP contribution is 2.16. The van der Waals surface area contributed by atoms with E-state index in [4.69, 9.17) is 0 Å². The lowest BCUT2D eigenvalue weighted by Crippen LogP contribution is -2.04. The van der Waals surface area contributed by atoms with E-state index in [2.05, 4.69) is 6.92 Å². The van der Waals surface area contributed by atoms with Crippen LogP contribution < -0.4 is 0 Å². The van der Waals surface area contributed by atoms with Gasteiger partial charge >= 0.3 is 0 Å². The molecule has 0 radical (unpaired) electrons. The van der Waals surface area contributed by atoms with E-state index in [0.29, 0.717) is 4.90 Å². The van der Waals surface area contributed by atoms with Crippen molar-refractivity contribution in [1.82, 2.24) is 0 Å². The number of sulfone groups is 1. The van der Waals surface area contributed by atoms with Gasteiger partial charge in [-0.15, -0.1) is 0 Å². The summed E-state index contributed by atoms with van der Waals surface area (Å²) in [6.45, 7) is 2.08. The Labute approximate surface area is 108 Å². The van der Waals surface area contributed by atoms with Crippen LogP contribution in [0.1, 0.15) is 18.1 Å². The lowest BCUT2D eigenvalue weighted by molar-refractivity contribution is 0.595. The first kappa shape index (κ1) is 12.8. The number of hydrogen-bond acceptors (Lipinski definition) is 2. The van der Waals surface area contributed by atoms with Crippen molar-refractivity contribution in [2.45, 2.75) is 24.0 Å². The highest BCUT2D eigenvalue weighted by Gasteiger charge is 2.14. The second-order valence-electron chi connectivity index (χ2n) is 4.24. The second-order valence-corrected chi connectivity index (χ2v) is 6.23. The number of hydrogen-bond donors (Lipinski definition) is 0. The SMILES string of the molecule is CCc1ccc(CS(=O)(=O)c2ccccc2)cc1. The standard InChI is InChI=1S/C15H16O2S/c1-2-13-8-10-14(11-9-13)12-18(16,17)15-6-4-3-5-7-15/h3-11H,2,12H2,1H3. The summed E-state index contributed by atoms with van der Waals surface area (Å²) in [4.78, 5) is 0.379. The van der Waals surface area contributed by atoms with Crippen LogP contribution in [-0.2, 0) is 22.0 Å². The number of rotatable bonds is 4. The van der Waals surface area contributed by atoms with Gasteiger partial charge in [0.25, 0.3) is 0 Å². The van der Waals surface area contributed by atoms with Gasteiger partial charge in [-0.1, -0.05) is 49.4 Å². The van der Waals surface area contributed by atoms with Crippen molar-refractivity contribution < 1.29 is 8.42 Å². The molecule has 0 unspecified atom stereocenters. The fourth-order valence-corrected chi connectivity index (χ4v) is 3.17. The zero-order chi connectivity index (χ0) is 13.0. The molecule has 2 aromatic carbocycles. The summed E-state index contributed by atoms with van der Waals surface area (Å²) in [6.07, 6.45) is 0.964. The Kier molecular flexibility index (Phi) is 3.82. The summed E-state index contributed by atoms with van der Waals surface area (Å²) in [5, 5.41) is 0. The highest BCUT2D eigenvalue weighted by molar-refractivity contribution is 7.90. The molecule has 0 aliphatic heterocycles. The third-order valence-electron chi connectivity index (χ3n) is 2.89.